The van der Waals surface area contributed by atoms with Crippen molar-refractivity contribution in [1.29, 1.82) is 0 Å². The Morgan fingerprint density at radius 3 is 2.23 bits per heavy atom. The highest BCUT2D eigenvalue weighted by Crippen LogP contribution is 2.39. The van der Waals surface area contributed by atoms with Crippen LogP contribution < -0.4 is 5.73 Å². The Labute approximate surface area is 170 Å². The van der Waals surface area contributed by atoms with E-state index in [4.69, 9.17) is 5.73 Å². The number of alkyl halides is 5. The van der Waals surface area contributed by atoms with E-state index in [-0.39, 0.29) is 22.1 Å². The highest BCUT2D eigenvalue weighted by atomic mass is 19.4. The lowest BCUT2D eigenvalue weighted by molar-refractivity contribution is -0.137. The molecule has 0 radical (unpaired) electrons. The molecule has 0 spiro atoms. The summed E-state index contributed by atoms with van der Waals surface area (Å²) in [5.41, 5.74) is 5.10. The van der Waals surface area contributed by atoms with Crippen molar-refractivity contribution < 1.29 is 26.3 Å². The van der Waals surface area contributed by atoms with Gasteiger partial charge in [-0.1, -0.05) is 39.0 Å². The van der Waals surface area contributed by atoms with E-state index < -0.39 is 30.0 Å². The largest absolute Gasteiger partial charge is 0.417 e. The van der Waals surface area contributed by atoms with E-state index in [0.717, 1.165) is 12.1 Å². The number of nitrogens with zero attached hydrogens (tertiary/aromatic N) is 1. The quantitative estimate of drug-likeness (QED) is 0.457. The van der Waals surface area contributed by atoms with Gasteiger partial charge in [-0.25, -0.2) is 13.2 Å². The molecule has 162 valence electrons. The van der Waals surface area contributed by atoms with Crippen molar-refractivity contribution in [3.63, 3.8) is 0 Å². The van der Waals surface area contributed by atoms with Gasteiger partial charge in [-0.05, 0) is 34.7 Å². The molecule has 0 aliphatic rings. The van der Waals surface area contributed by atoms with Gasteiger partial charge in [0.1, 0.15) is 5.82 Å². The van der Waals surface area contributed by atoms with Crippen LogP contribution in [0.3, 0.4) is 0 Å². The average Bonchev–Trinajstić information content (AvgIpc) is 2.96. The van der Waals surface area contributed by atoms with E-state index in [2.05, 4.69) is 0 Å². The van der Waals surface area contributed by atoms with Gasteiger partial charge in [0.05, 0.1) is 11.6 Å². The summed E-state index contributed by atoms with van der Waals surface area (Å²) in [5, 5.41) is 0.450. The molecule has 0 aliphatic carbocycles. The monoisotopic (exact) mass is 428 g/mol. The molecule has 0 amide bonds. The zero-order valence-electron chi connectivity index (χ0n) is 16.7. The number of benzene rings is 2. The normalized spacial score (nSPS) is 14.0. The summed E-state index contributed by atoms with van der Waals surface area (Å²) >= 11 is 0. The van der Waals surface area contributed by atoms with Crippen LogP contribution in [0, 0.1) is 11.2 Å². The minimum atomic E-state index is -4.75. The van der Waals surface area contributed by atoms with E-state index >= 15 is 0 Å². The minimum Gasteiger partial charge on any atom is -0.347 e. The molecule has 0 saturated heterocycles. The smallest absolute Gasteiger partial charge is 0.347 e. The molecular weight excluding hydrogens is 406 g/mol. The third-order valence-electron chi connectivity index (χ3n) is 4.79. The summed E-state index contributed by atoms with van der Waals surface area (Å²) in [6, 6.07) is 5.37. The van der Waals surface area contributed by atoms with Crippen LogP contribution in [0.1, 0.15) is 37.9 Å². The zero-order valence-corrected chi connectivity index (χ0v) is 16.7. The van der Waals surface area contributed by atoms with Crippen LogP contribution in [0.5, 0.6) is 0 Å². The van der Waals surface area contributed by atoms with Crippen molar-refractivity contribution in [2.75, 3.05) is 0 Å². The van der Waals surface area contributed by atoms with Gasteiger partial charge in [0, 0.05) is 29.2 Å². The molecule has 0 bridgehead atoms. The van der Waals surface area contributed by atoms with Crippen LogP contribution in [-0.4, -0.2) is 11.0 Å². The topological polar surface area (TPSA) is 30.9 Å². The van der Waals surface area contributed by atoms with Crippen LogP contribution in [0.15, 0.2) is 42.6 Å². The molecule has 2 aromatic carbocycles. The molecule has 3 aromatic rings. The zero-order chi connectivity index (χ0) is 22.4. The summed E-state index contributed by atoms with van der Waals surface area (Å²) in [6.45, 7) is 6.31. The summed E-state index contributed by atoms with van der Waals surface area (Å²) in [5.74, 6) is -0.992. The van der Waals surface area contributed by atoms with Crippen molar-refractivity contribution in [2.45, 2.75) is 46.0 Å². The highest BCUT2D eigenvalue weighted by molar-refractivity contribution is 5.89. The second-order valence-corrected chi connectivity index (χ2v) is 8.55. The predicted octanol–water partition coefficient (Wildman–Crippen LogP) is 6.78. The Bertz CT molecular complexity index is 1060. The van der Waals surface area contributed by atoms with Crippen molar-refractivity contribution in [3.8, 4) is 11.1 Å². The van der Waals surface area contributed by atoms with E-state index in [9.17, 15) is 26.3 Å². The maximum absolute atomic E-state index is 13.5. The van der Waals surface area contributed by atoms with Crippen LogP contribution >= 0.6 is 0 Å². The Hall–Kier alpha value is -2.48. The van der Waals surface area contributed by atoms with Gasteiger partial charge in [-0.15, -0.1) is 0 Å². The fourth-order valence-electron chi connectivity index (χ4n) is 3.53. The summed E-state index contributed by atoms with van der Waals surface area (Å²) in [6.07, 6.45) is -6.00. The van der Waals surface area contributed by atoms with Crippen molar-refractivity contribution in [2.24, 2.45) is 11.1 Å². The summed E-state index contributed by atoms with van der Waals surface area (Å²) < 4.78 is 82.1. The molecule has 1 heterocycles. The number of nitrogens with two attached hydrogens (primary N) is 1. The molecule has 30 heavy (non-hydrogen) atoms. The average molecular weight is 428 g/mol. The standard InChI is InChI=1S/C22H22F6N2/c1-21(2,3)11-30-10-16(19(29)20(24)25)15-6-4-12(8-18(15)30)14-7-5-13(23)9-17(14)22(26,27)28/h4-10,19-20H,11,29H2,1-3H3/t19-/m0/s1. The molecule has 0 aliphatic heterocycles. The third kappa shape index (κ3) is 4.48. The second-order valence-electron chi connectivity index (χ2n) is 8.55. The summed E-state index contributed by atoms with van der Waals surface area (Å²) in [4.78, 5) is 0. The number of hydrogen-bond donors (Lipinski definition) is 1. The minimum absolute atomic E-state index is 0.186. The van der Waals surface area contributed by atoms with Gasteiger partial charge < -0.3 is 10.3 Å². The first kappa shape index (κ1) is 22.2. The fourth-order valence-corrected chi connectivity index (χ4v) is 3.53. The maximum atomic E-state index is 13.5. The SMILES string of the molecule is CC(C)(C)Cn1cc([C@H](N)C(F)F)c2ccc(-c3ccc(F)cc3C(F)(F)F)cc21. The molecular formula is C22H22F6N2. The Morgan fingerprint density at radius 2 is 1.67 bits per heavy atom. The molecule has 0 fully saturated rings. The number of fused-ring (bicyclic) bond motifs is 1. The van der Waals surface area contributed by atoms with E-state index in [1.54, 1.807) is 4.57 Å². The molecule has 8 heteroatoms. The van der Waals surface area contributed by atoms with E-state index in [1.165, 1.54) is 24.4 Å². The number of hydrogen-bond acceptors (Lipinski definition) is 1. The lowest BCUT2D eigenvalue weighted by Gasteiger charge is -2.20. The van der Waals surface area contributed by atoms with Crippen LogP contribution in [0.2, 0.25) is 0 Å². The number of rotatable bonds is 4. The predicted molar refractivity (Wildman–Crippen MR) is 105 cm³/mol. The molecule has 2 nitrogen and oxygen atoms in total. The van der Waals surface area contributed by atoms with Gasteiger partial charge in [0.2, 0.25) is 0 Å². The fraction of sp³-hybridized carbons (Fsp3) is 0.364. The molecule has 2 N–H and O–H groups in total. The Kier molecular flexibility index (Phi) is 5.66. The number of halogens is 6. The van der Waals surface area contributed by atoms with Crippen molar-refractivity contribution in [3.05, 3.63) is 59.5 Å². The van der Waals surface area contributed by atoms with Gasteiger partial charge in [-0.3, -0.25) is 0 Å². The lowest BCUT2D eigenvalue weighted by Crippen LogP contribution is -2.19. The Balaban J connectivity index is 2.25. The highest BCUT2D eigenvalue weighted by Gasteiger charge is 2.34. The van der Waals surface area contributed by atoms with Crippen LogP contribution in [0.4, 0.5) is 26.3 Å². The molecule has 0 unspecified atom stereocenters. The Morgan fingerprint density at radius 1 is 1.00 bits per heavy atom. The first-order valence-corrected chi connectivity index (χ1v) is 9.31. The van der Waals surface area contributed by atoms with Crippen molar-refractivity contribution in [1.82, 2.24) is 4.57 Å². The van der Waals surface area contributed by atoms with Gasteiger partial charge in [0.15, 0.2) is 0 Å². The van der Waals surface area contributed by atoms with Gasteiger partial charge in [0.25, 0.3) is 6.43 Å². The van der Waals surface area contributed by atoms with E-state index in [1.807, 2.05) is 20.8 Å². The lowest BCUT2D eigenvalue weighted by atomic mass is 9.96. The molecule has 1 atom stereocenters. The van der Waals surface area contributed by atoms with Crippen molar-refractivity contribution >= 4 is 10.9 Å². The first-order chi connectivity index (χ1) is 13.8. The second kappa shape index (κ2) is 7.65. The maximum Gasteiger partial charge on any atom is 0.417 e. The molecule has 1 aromatic heterocycles. The molecule has 3 rings (SSSR count). The molecule has 0 saturated carbocycles. The number of aromatic nitrogens is 1. The van der Waals surface area contributed by atoms with Gasteiger partial charge in [-0.2, -0.15) is 13.2 Å². The van der Waals surface area contributed by atoms with E-state index in [0.29, 0.717) is 23.5 Å². The first-order valence-electron chi connectivity index (χ1n) is 9.31. The van der Waals surface area contributed by atoms with Crippen LogP contribution in [0.25, 0.3) is 22.0 Å². The summed E-state index contributed by atoms with van der Waals surface area (Å²) in [7, 11) is 0. The van der Waals surface area contributed by atoms with Gasteiger partial charge >= 0.3 is 6.18 Å². The third-order valence-corrected chi connectivity index (χ3v) is 4.79. The van der Waals surface area contributed by atoms with Crippen LogP contribution in [-0.2, 0) is 12.7 Å².